The van der Waals surface area contributed by atoms with E-state index in [9.17, 15) is 9.18 Å². The van der Waals surface area contributed by atoms with Crippen molar-refractivity contribution in [3.63, 3.8) is 0 Å². The van der Waals surface area contributed by atoms with Gasteiger partial charge in [0.15, 0.2) is 11.5 Å². The van der Waals surface area contributed by atoms with Crippen molar-refractivity contribution in [2.45, 2.75) is 13.0 Å². The number of ether oxygens (including phenoxy) is 2. The SMILES string of the molecule is COc1cc(/C=N/NC(=O)Cc2ccc(F)cc2)c(Br)cc1OCc1ccc(Br)cc1. The molecule has 0 heterocycles. The number of halogens is 3. The largest absolute Gasteiger partial charge is 0.493 e. The summed E-state index contributed by atoms with van der Waals surface area (Å²) in [6.07, 6.45) is 1.61. The highest BCUT2D eigenvalue weighted by Crippen LogP contribution is 2.33. The molecule has 3 aromatic carbocycles. The highest BCUT2D eigenvalue weighted by atomic mass is 79.9. The summed E-state index contributed by atoms with van der Waals surface area (Å²) in [7, 11) is 1.56. The summed E-state index contributed by atoms with van der Waals surface area (Å²) in [5.41, 5.74) is 4.89. The molecule has 0 bridgehead atoms. The standard InChI is InChI=1S/C23H19Br2FN2O3/c1-30-21-11-17(13-27-28-23(29)10-15-4-8-19(26)9-5-15)20(25)12-22(21)31-14-16-2-6-18(24)7-3-16/h2-9,11-13H,10,14H2,1H3,(H,28,29)/b27-13+. The van der Waals surface area contributed by atoms with Crippen molar-refractivity contribution in [3.8, 4) is 11.5 Å². The van der Waals surface area contributed by atoms with Crippen LogP contribution in [0.5, 0.6) is 11.5 Å². The van der Waals surface area contributed by atoms with Crippen LogP contribution in [0.2, 0.25) is 0 Å². The molecule has 0 aliphatic rings. The van der Waals surface area contributed by atoms with Gasteiger partial charge in [0.05, 0.1) is 19.7 Å². The minimum atomic E-state index is -0.342. The predicted molar refractivity (Wildman–Crippen MR) is 125 cm³/mol. The van der Waals surface area contributed by atoms with Crippen molar-refractivity contribution in [3.05, 3.63) is 92.1 Å². The van der Waals surface area contributed by atoms with Crippen LogP contribution >= 0.6 is 31.9 Å². The summed E-state index contributed by atoms with van der Waals surface area (Å²) in [6, 6.07) is 17.2. The Labute approximate surface area is 196 Å². The Bertz CT molecular complexity index is 1070. The minimum absolute atomic E-state index is 0.102. The topological polar surface area (TPSA) is 59.9 Å². The zero-order valence-electron chi connectivity index (χ0n) is 16.6. The number of amides is 1. The van der Waals surface area contributed by atoms with Crippen molar-refractivity contribution in [1.82, 2.24) is 5.43 Å². The van der Waals surface area contributed by atoms with Crippen molar-refractivity contribution in [2.75, 3.05) is 7.11 Å². The number of hydrogen-bond acceptors (Lipinski definition) is 4. The van der Waals surface area contributed by atoms with Crippen molar-refractivity contribution < 1.29 is 18.7 Å². The summed E-state index contributed by atoms with van der Waals surface area (Å²) >= 11 is 6.90. The molecule has 0 aliphatic heterocycles. The van der Waals surface area contributed by atoms with E-state index in [0.29, 0.717) is 29.2 Å². The molecule has 1 amide bonds. The van der Waals surface area contributed by atoms with Gasteiger partial charge < -0.3 is 9.47 Å². The Morgan fingerprint density at radius 1 is 1.03 bits per heavy atom. The lowest BCUT2D eigenvalue weighted by Gasteiger charge is -2.13. The molecular weight excluding hydrogens is 531 g/mol. The van der Waals surface area contributed by atoms with Crippen LogP contribution in [0.1, 0.15) is 16.7 Å². The van der Waals surface area contributed by atoms with Gasteiger partial charge in [0.1, 0.15) is 12.4 Å². The van der Waals surface area contributed by atoms with Gasteiger partial charge in [-0.1, -0.05) is 40.2 Å². The molecule has 0 aliphatic carbocycles. The number of hydrogen-bond donors (Lipinski definition) is 1. The first kappa shape index (κ1) is 23.0. The lowest BCUT2D eigenvalue weighted by molar-refractivity contribution is -0.120. The summed E-state index contributed by atoms with van der Waals surface area (Å²) < 4.78 is 26.0. The molecule has 0 aromatic heterocycles. The molecule has 1 N–H and O–H groups in total. The number of carbonyl (C=O) groups excluding carboxylic acids is 1. The predicted octanol–water partition coefficient (Wildman–Crippen LogP) is 5.63. The second-order valence-electron chi connectivity index (χ2n) is 6.54. The third-order valence-electron chi connectivity index (χ3n) is 4.26. The molecule has 3 aromatic rings. The van der Waals surface area contributed by atoms with Gasteiger partial charge in [-0.25, -0.2) is 9.82 Å². The normalized spacial score (nSPS) is 10.8. The summed E-state index contributed by atoms with van der Waals surface area (Å²) in [5.74, 6) is 0.472. The Balaban J connectivity index is 1.62. The van der Waals surface area contributed by atoms with Crippen LogP contribution in [-0.2, 0) is 17.8 Å². The second-order valence-corrected chi connectivity index (χ2v) is 8.31. The molecule has 5 nitrogen and oxygen atoms in total. The van der Waals surface area contributed by atoms with Gasteiger partial charge in [-0.15, -0.1) is 0 Å². The molecular formula is C23H19Br2FN2O3. The Morgan fingerprint density at radius 2 is 1.71 bits per heavy atom. The molecule has 0 saturated heterocycles. The van der Waals surface area contributed by atoms with Crippen LogP contribution in [0, 0.1) is 5.82 Å². The maximum absolute atomic E-state index is 12.9. The van der Waals surface area contributed by atoms with Crippen molar-refractivity contribution >= 4 is 44.0 Å². The number of carbonyl (C=O) groups is 1. The fourth-order valence-electron chi connectivity index (χ4n) is 2.66. The molecule has 0 atom stereocenters. The maximum Gasteiger partial charge on any atom is 0.244 e. The third-order valence-corrected chi connectivity index (χ3v) is 5.48. The van der Waals surface area contributed by atoms with Gasteiger partial charge in [0, 0.05) is 14.5 Å². The molecule has 160 valence electrons. The molecule has 0 radical (unpaired) electrons. The monoisotopic (exact) mass is 548 g/mol. The van der Waals surface area contributed by atoms with Gasteiger partial charge in [-0.3, -0.25) is 4.79 Å². The average Bonchev–Trinajstić information content (AvgIpc) is 2.76. The first-order valence-electron chi connectivity index (χ1n) is 9.25. The maximum atomic E-state index is 12.9. The Morgan fingerprint density at radius 3 is 2.39 bits per heavy atom. The Hall–Kier alpha value is -2.71. The van der Waals surface area contributed by atoms with Crippen LogP contribution in [0.4, 0.5) is 4.39 Å². The van der Waals surface area contributed by atoms with Crippen LogP contribution in [0.25, 0.3) is 0 Å². The van der Waals surface area contributed by atoms with Crippen molar-refractivity contribution in [1.29, 1.82) is 0 Å². The smallest absolute Gasteiger partial charge is 0.244 e. The molecule has 31 heavy (non-hydrogen) atoms. The van der Waals surface area contributed by atoms with E-state index >= 15 is 0 Å². The second kappa shape index (κ2) is 11.1. The summed E-state index contributed by atoms with van der Waals surface area (Å²) in [6.45, 7) is 0.392. The Kier molecular flexibility index (Phi) is 8.20. The van der Waals surface area contributed by atoms with E-state index in [-0.39, 0.29) is 18.1 Å². The molecule has 3 rings (SSSR count). The third kappa shape index (κ3) is 6.90. The van der Waals surface area contributed by atoms with Crippen LogP contribution in [-0.4, -0.2) is 19.2 Å². The number of rotatable bonds is 8. The molecule has 8 heteroatoms. The van der Waals surface area contributed by atoms with E-state index in [0.717, 1.165) is 14.5 Å². The van der Waals surface area contributed by atoms with Gasteiger partial charge >= 0.3 is 0 Å². The molecule has 0 fully saturated rings. The fourth-order valence-corrected chi connectivity index (χ4v) is 3.35. The first-order valence-corrected chi connectivity index (χ1v) is 10.8. The molecule has 0 unspecified atom stereocenters. The molecule has 0 saturated carbocycles. The van der Waals surface area contributed by atoms with E-state index in [4.69, 9.17) is 9.47 Å². The van der Waals surface area contributed by atoms with E-state index in [1.165, 1.54) is 18.3 Å². The lowest BCUT2D eigenvalue weighted by Crippen LogP contribution is -2.19. The first-order chi connectivity index (χ1) is 14.9. The van der Waals surface area contributed by atoms with Gasteiger partial charge in [-0.2, -0.15) is 5.10 Å². The number of nitrogens with one attached hydrogen (secondary N) is 1. The quantitative estimate of drug-likeness (QED) is 0.292. The lowest BCUT2D eigenvalue weighted by atomic mass is 10.1. The van der Waals surface area contributed by atoms with Crippen LogP contribution < -0.4 is 14.9 Å². The highest BCUT2D eigenvalue weighted by molar-refractivity contribution is 9.10. The van der Waals surface area contributed by atoms with E-state index < -0.39 is 0 Å². The fraction of sp³-hybridized carbons (Fsp3) is 0.130. The highest BCUT2D eigenvalue weighted by Gasteiger charge is 2.10. The summed E-state index contributed by atoms with van der Waals surface area (Å²) in [4.78, 5) is 12.0. The minimum Gasteiger partial charge on any atom is -0.493 e. The number of benzene rings is 3. The van der Waals surface area contributed by atoms with Gasteiger partial charge in [0.2, 0.25) is 5.91 Å². The van der Waals surface area contributed by atoms with Gasteiger partial charge in [-0.05, 0) is 63.5 Å². The molecule has 0 spiro atoms. The van der Waals surface area contributed by atoms with Gasteiger partial charge in [0.25, 0.3) is 0 Å². The average molecular weight is 550 g/mol. The number of hydrazone groups is 1. The van der Waals surface area contributed by atoms with Crippen LogP contribution in [0.15, 0.2) is 74.7 Å². The number of nitrogens with zero attached hydrogens (tertiary/aromatic N) is 1. The van der Waals surface area contributed by atoms with E-state index in [2.05, 4.69) is 42.4 Å². The zero-order chi connectivity index (χ0) is 22.2. The van der Waals surface area contributed by atoms with Crippen molar-refractivity contribution in [2.24, 2.45) is 5.10 Å². The zero-order valence-corrected chi connectivity index (χ0v) is 19.7. The number of methoxy groups -OCH3 is 1. The van der Waals surface area contributed by atoms with Crippen LogP contribution in [0.3, 0.4) is 0 Å². The summed E-state index contributed by atoms with van der Waals surface area (Å²) in [5, 5.41) is 3.99. The van der Waals surface area contributed by atoms with E-state index in [1.807, 2.05) is 24.3 Å². The van der Waals surface area contributed by atoms with E-state index in [1.54, 1.807) is 31.4 Å².